The Bertz CT molecular complexity index is 961. The molecule has 27 heavy (non-hydrogen) atoms. The molecular formula is C17H18ClN3O5S. The highest BCUT2D eigenvalue weighted by Crippen LogP contribution is 2.22. The number of carbonyl (C=O) groups is 1. The van der Waals surface area contributed by atoms with Crippen molar-refractivity contribution in [1.82, 2.24) is 4.31 Å². The molecule has 2 aromatic rings. The number of nitrogens with one attached hydrogen (secondary N) is 1. The lowest BCUT2D eigenvalue weighted by Gasteiger charge is -2.20. The van der Waals surface area contributed by atoms with Crippen molar-refractivity contribution in [2.45, 2.75) is 13.5 Å². The molecule has 0 fully saturated rings. The lowest BCUT2D eigenvalue weighted by molar-refractivity contribution is -0.384. The Hall–Kier alpha value is -2.49. The molecule has 0 aromatic heterocycles. The maximum atomic E-state index is 12.3. The van der Waals surface area contributed by atoms with Crippen LogP contribution in [-0.4, -0.2) is 36.4 Å². The van der Waals surface area contributed by atoms with E-state index in [2.05, 4.69) is 5.32 Å². The van der Waals surface area contributed by atoms with Crippen LogP contribution in [0.25, 0.3) is 0 Å². The maximum absolute atomic E-state index is 12.3. The Balaban J connectivity index is 2.16. The summed E-state index contributed by atoms with van der Waals surface area (Å²) in [5, 5.41) is 13.9. The van der Waals surface area contributed by atoms with Crippen LogP contribution in [0.1, 0.15) is 11.1 Å². The van der Waals surface area contributed by atoms with Gasteiger partial charge in [0.25, 0.3) is 5.69 Å². The smallest absolute Gasteiger partial charge is 0.271 e. The number of hydrogen-bond donors (Lipinski definition) is 1. The van der Waals surface area contributed by atoms with Crippen molar-refractivity contribution in [3.63, 3.8) is 0 Å². The van der Waals surface area contributed by atoms with E-state index >= 15 is 0 Å². The second kappa shape index (κ2) is 8.47. The minimum Gasteiger partial charge on any atom is -0.324 e. The van der Waals surface area contributed by atoms with Crippen LogP contribution in [0, 0.1) is 17.0 Å². The summed E-state index contributed by atoms with van der Waals surface area (Å²) in [4.78, 5) is 22.7. The zero-order valence-electron chi connectivity index (χ0n) is 14.7. The summed E-state index contributed by atoms with van der Waals surface area (Å²) in [7, 11) is -3.66. The summed E-state index contributed by atoms with van der Waals surface area (Å²) in [5.41, 5.74) is 1.38. The van der Waals surface area contributed by atoms with Crippen LogP contribution < -0.4 is 5.32 Å². The van der Waals surface area contributed by atoms with Crippen LogP contribution in [0.5, 0.6) is 0 Å². The number of sulfonamides is 1. The molecule has 0 heterocycles. The highest BCUT2D eigenvalue weighted by molar-refractivity contribution is 7.88. The third kappa shape index (κ3) is 6.02. The molecule has 0 atom stereocenters. The van der Waals surface area contributed by atoms with Gasteiger partial charge in [0.15, 0.2) is 0 Å². The molecule has 0 saturated carbocycles. The van der Waals surface area contributed by atoms with Crippen molar-refractivity contribution in [3.8, 4) is 0 Å². The van der Waals surface area contributed by atoms with Crippen LogP contribution in [-0.2, 0) is 21.4 Å². The number of amides is 1. The fourth-order valence-electron chi connectivity index (χ4n) is 2.29. The van der Waals surface area contributed by atoms with Crippen LogP contribution in [0.2, 0.25) is 5.02 Å². The van der Waals surface area contributed by atoms with Crippen molar-refractivity contribution in [1.29, 1.82) is 0 Å². The lowest BCUT2D eigenvalue weighted by Crippen LogP contribution is -2.37. The summed E-state index contributed by atoms with van der Waals surface area (Å²) >= 11 is 5.82. The fraction of sp³-hybridized carbons (Fsp3) is 0.235. The molecule has 10 heteroatoms. The molecule has 144 valence electrons. The number of anilines is 1. The first-order valence-electron chi connectivity index (χ1n) is 7.80. The van der Waals surface area contributed by atoms with Crippen molar-refractivity contribution >= 4 is 38.9 Å². The molecule has 1 N–H and O–H groups in total. The van der Waals surface area contributed by atoms with Gasteiger partial charge in [-0.15, -0.1) is 0 Å². The molecule has 0 aliphatic carbocycles. The largest absolute Gasteiger partial charge is 0.324 e. The van der Waals surface area contributed by atoms with E-state index in [9.17, 15) is 23.3 Å². The molecule has 0 aliphatic heterocycles. The summed E-state index contributed by atoms with van der Waals surface area (Å²) in [6, 6.07) is 10.7. The number of halogens is 1. The zero-order chi connectivity index (χ0) is 20.2. The third-order valence-electron chi connectivity index (χ3n) is 3.77. The second-order valence-corrected chi connectivity index (χ2v) is 8.38. The highest BCUT2D eigenvalue weighted by Gasteiger charge is 2.21. The molecule has 0 saturated heterocycles. The molecule has 0 bridgehead atoms. The van der Waals surface area contributed by atoms with Crippen molar-refractivity contribution in [2.24, 2.45) is 0 Å². The second-order valence-electron chi connectivity index (χ2n) is 5.96. The van der Waals surface area contributed by atoms with Gasteiger partial charge in [-0.05, 0) is 30.2 Å². The van der Waals surface area contributed by atoms with E-state index in [0.29, 0.717) is 16.1 Å². The van der Waals surface area contributed by atoms with Gasteiger partial charge in [0.05, 0.1) is 23.4 Å². The molecule has 0 spiro atoms. The standard InChI is InChI=1S/C17H18ClN3O5S/c1-12-3-8-15(21(23)24)9-16(12)19-17(22)11-20(27(2,25)26)10-13-4-6-14(18)7-5-13/h3-9H,10-11H2,1-2H3,(H,19,22). The number of rotatable bonds is 7. The van der Waals surface area contributed by atoms with E-state index in [1.54, 1.807) is 31.2 Å². The summed E-state index contributed by atoms with van der Waals surface area (Å²) in [6.07, 6.45) is 1.01. The number of aryl methyl sites for hydroxylation is 1. The molecule has 2 rings (SSSR count). The molecule has 8 nitrogen and oxygen atoms in total. The quantitative estimate of drug-likeness (QED) is 0.556. The third-order valence-corrected chi connectivity index (χ3v) is 5.22. The first kappa shape index (κ1) is 20.8. The predicted molar refractivity (Wildman–Crippen MR) is 103 cm³/mol. The van der Waals surface area contributed by atoms with Crippen LogP contribution >= 0.6 is 11.6 Å². The number of carbonyl (C=O) groups excluding carboxylic acids is 1. The van der Waals surface area contributed by atoms with E-state index in [-0.39, 0.29) is 17.9 Å². The first-order valence-corrected chi connectivity index (χ1v) is 10.0. The van der Waals surface area contributed by atoms with Crippen LogP contribution in [0.15, 0.2) is 42.5 Å². The van der Waals surface area contributed by atoms with Gasteiger partial charge in [0, 0.05) is 23.7 Å². The molecule has 0 aliphatic rings. The summed E-state index contributed by atoms with van der Waals surface area (Å²) in [5.74, 6) is -0.599. The highest BCUT2D eigenvalue weighted by atomic mass is 35.5. The van der Waals surface area contributed by atoms with E-state index in [1.807, 2.05) is 0 Å². The number of nitro benzene ring substituents is 1. The predicted octanol–water partition coefficient (Wildman–Crippen LogP) is 2.96. The van der Waals surface area contributed by atoms with Crippen molar-refractivity contribution in [2.75, 3.05) is 18.1 Å². The zero-order valence-corrected chi connectivity index (χ0v) is 16.2. The van der Waals surface area contributed by atoms with E-state index in [0.717, 1.165) is 10.6 Å². The van der Waals surface area contributed by atoms with Gasteiger partial charge in [-0.2, -0.15) is 4.31 Å². The average molecular weight is 412 g/mol. The van der Waals surface area contributed by atoms with E-state index in [4.69, 9.17) is 11.6 Å². The van der Waals surface area contributed by atoms with Gasteiger partial charge in [0.2, 0.25) is 15.9 Å². The van der Waals surface area contributed by atoms with Gasteiger partial charge in [-0.1, -0.05) is 29.8 Å². The lowest BCUT2D eigenvalue weighted by atomic mass is 10.2. The van der Waals surface area contributed by atoms with Crippen molar-refractivity contribution < 1.29 is 18.1 Å². The average Bonchev–Trinajstić information content (AvgIpc) is 2.57. The SMILES string of the molecule is Cc1ccc([N+](=O)[O-])cc1NC(=O)CN(Cc1ccc(Cl)cc1)S(C)(=O)=O. The van der Waals surface area contributed by atoms with Crippen molar-refractivity contribution in [3.05, 3.63) is 68.7 Å². The van der Waals surface area contributed by atoms with Gasteiger partial charge >= 0.3 is 0 Å². The minimum absolute atomic E-state index is 0.00264. The van der Waals surface area contributed by atoms with Crippen LogP contribution in [0.4, 0.5) is 11.4 Å². The molecular weight excluding hydrogens is 394 g/mol. The fourth-order valence-corrected chi connectivity index (χ4v) is 3.15. The monoisotopic (exact) mass is 411 g/mol. The Morgan fingerprint density at radius 1 is 1.22 bits per heavy atom. The number of nitro groups is 1. The normalized spacial score (nSPS) is 11.4. The number of nitrogens with zero attached hydrogens (tertiary/aromatic N) is 2. The number of hydrogen-bond acceptors (Lipinski definition) is 5. The van der Waals surface area contributed by atoms with Gasteiger partial charge in [-0.25, -0.2) is 8.42 Å². The van der Waals surface area contributed by atoms with E-state index < -0.39 is 27.4 Å². The minimum atomic E-state index is -3.66. The van der Waals surface area contributed by atoms with Gasteiger partial charge in [-0.3, -0.25) is 14.9 Å². The Morgan fingerprint density at radius 3 is 2.41 bits per heavy atom. The van der Waals surface area contributed by atoms with Gasteiger partial charge < -0.3 is 5.32 Å². The molecule has 0 radical (unpaired) electrons. The Morgan fingerprint density at radius 2 is 1.85 bits per heavy atom. The Kier molecular flexibility index (Phi) is 6.53. The summed E-state index contributed by atoms with van der Waals surface area (Å²) in [6.45, 7) is 1.25. The number of non-ortho nitro benzene ring substituents is 1. The summed E-state index contributed by atoms with van der Waals surface area (Å²) < 4.78 is 25.1. The van der Waals surface area contributed by atoms with Crippen LogP contribution in [0.3, 0.4) is 0 Å². The Labute approximate surface area is 162 Å². The van der Waals surface area contributed by atoms with E-state index in [1.165, 1.54) is 18.2 Å². The topological polar surface area (TPSA) is 110 Å². The molecule has 2 aromatic carbocycles. The maximum Gasteiger partial charge on any atom is 0.271 e. The molecule has 1 amide bonds. The molecule has 0 unspecified atom stereocenters. The number of benzene rings is 2. The first-order chi connectivity index (χ1) is 12.6. The van der Waals surface area contributed by atoms with Gasteiger partial charge in [0.1, 0.15) is 0 Å².